The fourth-order valence-electron chi connectivity index (χ4n) is 8.23. The van der Waals surface area contributed by atoms with Gasteiger partial charge in [-0.1, -0.05) is 152 Å². The largest absolute Gasteiger partial charge is 0.456 e. The highest BCUT2D eigenvalue weighted by molar-refractivity contribution is 7.26. The first-order valence-electron chi connectivity index (χ1n) is 19.3. The molecule has 0 saturated carbocycles. The number of hydrogen-bond donors (Lipinski definition) is 0. The fourth-order valence-corrected chi connectivity index (χ4v) is 9.47. The van der Waals surface area contributed by atoms with Crippen molar-refractivity contribution in [1.82, 2.24) is 0 Å². The standard InChI is InChI=1S/C54H35NOS/c1-2-10-36(11-3-1)37-20-22-38(23-21-37)39-24-29-43(30-25-39)55(44-31-26-40(27-32-44)41-28-33-52-50(35-41)47-14-4-6-18-51(47)56-52)45-13-8-12-42(34-45)46-16-9-17-49-48-15-5-7-19-53(48)57-54(46)49/h1-35H. The third-order valence-electron chi connectivity index (χ3n) is 11.1. The SMILES string of the molecule is c1ccc(-c2ccc(-c3ccc(N(c4ccc(-c5ccc6oc7ccccc7c6c5)cc4)c4cccc(-c5cccc6c5sc5ccccc56)c4)cc3)cc2)cc1. The lowest BCUT2D eigenvalue weighted by molar-refractivity contribution is 0.669. The van der Waals surface area contributed by atoms with Crippen LogP contribution in [0.2, 0.25) is 0 Å². The van der Waals surface area contributed by atoms with Gasteiger partial charge in [0.05, 0.1) is 0 Å². The van der Waals surface area contributed by atoms with Crippen molar-refractivity contribution in [1.29, 1.82) is 0 Å². The summed E-state index contributed by atoms with van der Waals surface area (Å²) >= 11 is 1.87. The molecule has 3 heteroatoms. The van der Waals surface area contributed by atoms with E-state index in [0.29, 0.717) is 0 Å². The second-order valence-electron chi connectivity index (χ2n) is 14.5. The van der Waals surface area contributed by atoms with Crippen LogP contribution in [0.1, 0.15) is 0 Å². The zero-order chi connectivity index (χ0) is 37.7. The Morgan fingerprint density at radius 3 is 1.58 bits per heavy atom. The first-order valence-corrected chi connectivity index (χ1v) is 20.1. The van der Waals surface area contributed by atoms with Gasteiger partial charge in [0.25, 0.3) is 0 Å². The molecule has 11 rings (SSSR count). The summed E-state index contributed by atoms with van der Waals surface area (Å²) in [6, 6.07) is 76.4. The molecule has 0 N–H and O–H groups in total. The summed E-state index contributed by atoms with van der Waals surface area (Å²) in [7, 11) is 0. The number of anilines is 3. The van der Waals surface area contributed by atoms with E-state index in [1.165, 1.54) is 53.6 Å². The Kier molecular flexibility index (Phi) is 8.04. The Bertz CT molecular complexity index is 3210. The monoisotopic (exact) mass is 745 g/mol. The lowest BCUT2D eigenvalue weighted by atomic mass is 9.99. The van der Waals surface area contributed by atoms with Gasteiger partial charge in [-0.2, -0.15) is 0 Å². The van der Waals surface area contributed by atoms with E-state index in [1.807, 2.05) is 23.5 Å². The minimum absolute atomic E-state index is 0.907. The number of nitrogens with zero attached hydrogens (tertiary/aromatic N) is 1. The normalized spacial score (nSPS) is 11.5. The molecule has 268 valence electrons. The van der Waals surface area contributed by atoms with Gasteiger partial charge < -0.3 is 9.32 Å². The molecule has 0 radical (unpaired) electrons. The molecule has 0 aliphatic rings. The number of benzene rings is 9. The van der Waals surface area contributed by atoms with Crippen LogP contribution < -0.4 is 4.90 Å². The minimum Gasteiger partial charge on any atom is -0.456 e. The maximum absolute atomic E-state index is 6.13. The smallest absolute Gasteiger partial charge is 0.135 e. The Morgan fingerprint density at radius 2 is 0.842 bits per heavy atom. The fraction of sp³-hybridized carbons (Fsp3) is 0. The Labute approximate surface area is 335 Å². The molecule has 0 atom stereocenters. The van der Waals surface area contributed by atoms with Crippen molar-refractivity contribution in [2.45, 2.75) is 0 Å². The van der Waals surface area contributed by atoms with Crippen molar-refractivity contribution in [2.24, 2.45) is 0 Å². The second kappa shape index (κ2) is 13.8. The maximum Gasteiger partial charge on any atom is 0.135 e. The summed E-state index contributed by atoms with van der Waals surface area (Å²) < 4.78 is 8.76. The molecule has 2 aromatic heterocycles. The molecule has 2 nitrogen and oxygen atoms in total. The number of fused-ring (bicyclic) bond motifs is 6. The van der Waals surface area contributed by atoms with E-state index in [0.717, 1.165) is 50.1 Å². The average Bonchev–Trinajstić information content (AvgIpc) is 3.86. The van der Waals surface area contributed by atoms with Crippen LogP contribution in [0.5, 0.6) is 0 Å². The Morgan fingerprint density at radius 1 is 0.316 bits per heavy atom. The van der Waals surface area contributed by atoms with Crippen LogP contribution in [-0.4, -0.2) is 0 Å². The number of furan rings is 1. The van der Waals surface area contributed by atoms with Gasteiger partial charge in [-0.05, 0) is 105 Å². The van der Waals surface area contributed by atoms with Crippen LogP contribution in [0.15, 0.2) is 217 Å². The summed E-state index contributed by atoms with van der Waals surface area (Å²) in [5, 5.41) is 4.89. The van der Waals surface area contributed by atoms with E-state index in [9.17, 15) is 0 Å². The zero-order valence-corrected chi connectivity index (χ0v) is 31.8. The quantitative estimate of drug-likeness (QED) is 0.162. The Hall–Kier alpha value is -7.20. The molecule has 0 bridgehead atoms. The Balaban J connectivity index is 0.989. The molecule has 2 heterocycles. The van der Waals surface area contributed by atoms with Crippen molar-refractivity contribution < 1.29 is 4.42 Å². The minimum atomic E-state index is 0.907. The topological polar surface area (TPSA) is 16.4 Å². The molecule has 0 aliphatic heterocycles. The molecule has 0 unspecified atom stereocenters. The average molecular weight is 746 g/mol. The van der Waals surface area contributed by atoms with Crippen LogP contribution in [0.4, 0.5) is 17.1 Å². The molecule has 9 aromatic carbocycles. The van der Waals surface area contributed by atoms with Gasteiger partial charge in [0.15, 0.2) is 0 Å². The highest BCUT2D eigenvalue weighted by Crippen LogP contribution is 2.43. The van der Waals surface area contributed by atoms with Crippen LogP contribution in [0, 0.1) is 0 Å². The molecule has 0 spiro atoms. The van der Waals surface area contributed by atoms with Crippen LogP contribution in [0.25, 0.3) is 86.6 Å². The number of para-hydroxylation sites is 1. The van der Waals surface area contributed by atoms with E-state index in [-0.39, 0.29) is 0 Å². The van der Waals surface area contributed by atoms with Crippen molar-refractivity contribution in [2.75, 3.05) is 4.90 Å². The lowest BCUT2D eigenvalue weighted by Crippen LogP contribution is -2.10. The van der Waals surface area contributed by atoms with Crippen LogP contribution in [-0.2, 0) is 0 Å². The molecule has 57 heavy (non-hydrogen) atoms. The van der Waals surface area contributed by atoms with E-state index < -0.39 is 0 Å². The summed E-state index contributed by atoms with van der Waals surface area (Å²) in [6.45, 7) is 0. The van der Waals surface area contributed by atoms with Gasteiger partial charge in [0.1, 0.15) is 11.2 Å². The molecular formula is C54H35NOS. The predicted molar refractivity (Wildman–Crippen MR) is 243 cm³/mol. The molecule has 11 aromatic rings. The summed E-state index contributed by atoms with van der Waals surface area (Å²) in [5.74, 6) is 0. The highest BCUT2D eigenvalue weighted by Gasteiger charge is 2.17. The maximum atomic E-state index is 6.13. The van der Waals surface area contributed by atoms with Crippen molar-refractivity contribution in [3.05, 3.63) is 212 Å². The summed E-state index contributed by atoms with van der Waals surface area (Å²) in [4.78, 5) is 2.37. The summed E-state index contributed by atoms with van der Waals surface area (Å²) in [5.41, 5.74) is 14.7. The van der Waals surface area contributed by atoms with Crippen molar-refractivity contribution in [3.8, 4) is 44.5 Å². The molecular weight excluding hydrogens is 711 g/mol. The van der Waals surface area contributed by atoms with Crippen LogP contribution >= 0.6 is 11.3 Å². The van der Waals surface area contributed by atoms with Crippen molar-refractivity contribution in [3.63, 3.8) is 0 Å². The van der Waals surface area contributed by atoms with Gasteiger partial charge in [0.2, 0.25) is 0 Å². The van der Waals surface area contributed by atoms with E-state index >= 15 is 0 Å². The summed E-state index contributed by atoms with van der Waals surface area (Å²) in [6.07, 6.45) is 0. The predicted octanol–water partition coefficient (Wildman–Crippen LogP) is 16.1. The molecule has 0 fully saturated rings. The van der Waals surface area contributed by atoms with Crippen molar-refractivity contribution >= 4 is 70.5 Å². The zero-order valence-electron chi connectivity index (χ0n) is 31.0. The number of hydrogen-bond acceptors (Lipinski definition) is 3. The van der Waals surface area contributed by atoms with Crippen LogP contribution in [0.3, 0.4) is 0 Å². The third-order valence-corrected chi connectivity index (χ3v) is 12.3. The van der Waals surface area contributed by atoms with Gasteiger partial charge in [-0.15, -0.1) is 11.3 Å². The first kappa shape index (κ1) is 33.2. The highest BCUT2D eigenvalue weighted by atomic mass is 32.1. The lowest BCUT2D eigenvalue weighted by Gasteiger charge is -2.26. The molecule has 0 amide bonds. The third kappa shape index (κ3) is 5.97. The van der Waals surface area contributed by atoms with Gasteiger partial charge in [0, 0.05) is 48.0 Å². The number of thiophene rings is 1. The van der Waals surface area contributed by atoms with Gasteiger partial charge in [-0.3, -0.25) is 0 Å². The first-order chi connectivity index (χ1) is 28.2. The second-order valence-corrected chi connectivity index (χ2v) is 15.6. The van der Waals surface area contributed by atoms with E-state index in [2.05, 4.69) is 205 Å². The number of rotatable bonds is 7. The van der Waals surface area contributed by atoms with E-state index in [1.54, 1.807) is 0 Å². The molecule has 0 saturated heterocycles. The van der Waals surface area contributed by atoms with Gasteiger partial charge >= 0.3 is 0 Å². The van der Waals surface area contributed by atoms with E-state index in [4.69, 9.17) is 4.42 Å². The van der Waals surface area contributed by atoms with Gasteiger partial charge in [-0.25, -0.2) is 0 Å². The molecule has 0 aliphatic carbocycles.